The Labute approximate surface area is 175 Å². The monoisotopic (exact) mass is 425 g/mol. The summed E-state index contributed by atoms with van der Waals surface area (Å²) in [4.78, 5) is 24.5. The predicted octanol–water partition coefficient (Wildman–Crippen LogP) is 4.14. The highest BCUT2D eigenvalue weighted by atomic mass is 32.1. The molecule has 0 bridgehead atoms. The molecule has 0 spiro atoms. The molecule has 0 saturated heterocycles. The normalized spacial score (nSPS) is 13.0. The topological polar surface area (TPSA) is 66.2 Å². The van der Waals surface area contributed by atoms with Crippen LogP contribution in [0.25, 0.3) is 20.8 Å². The molecule has 6 nitrogen and oxygen atoms in total. The molecule has 148 valence electrons. The van der Waals surface area contributed by atoms with Crippen LogP contribution in [0.5, 0.6) is 11.5 Å². The molecular weight excluding hydrogens is 406 g/mol. The third kappa shape index (κ3) is 3.12. The molecule has 1 aliphatic rings. The minimum Gasteiger partial charge on any atom is -0.493 e. The molecule has 3 aromatic heterocycles. The largest absolute Gasteiger partial charge is 0.493 e. The number of thiophene rings is 1. The molecule has 5 rings (SSSR count). The van der Waals surface area contributed by atoms with Gasteiger partial charge in [-0.25, -0.2) is 9.97 Å². The van der Waals surface area contributed by atoms with Crippen LogP contribution in [-0.4, -0.2) is 28.8 Å². The van der Waals surface area contributed by atoms with Crippen molar-refractivity contribution in [3.8, 4) is 22.1 Å². The van der Waals surface area contributed by atoms with E-state index >= 15 is 0 Å². The number of thiazole rings is 1. The Kier molecular flexibility index (Phi) is 4.60. The van der Waals surface area contributed by atoms with Crippen molar-refractivity contribution in [3.05, 3.63) is 56.4 Å². The smallest absolute Gasteiger partial charge is 0.262 e. The lowest BCUT2D eigenvalue weighted by Gasteiger charge is -2.08. The number of methoxy groups -OCH3 is 2. The van der Waals surface area contributed by atoms with E-state index in [9.17, 15) is 4.79 Å². The van der Waals surface area contributed by atoms with Crippen LogP contribution >= 0.6 is 22.7 Å². The first-order valence-electron chi connectivity index (χ1n) is 9.34. The van der Waals surface area contributed by atoms with Crippen LogP contribution in [-0.2, 0) is 19.4 Å². The quantitative estimate of drug-likeness (QED) is 0.481. The summed E-state index contributed by atoms with van der Waals surface area (Å²) in [6.07, 6.45) is 4.82. The summed E-state index contributed by atoms with van der Waals surface area (Å²) in [5.41, 5.74) is 3.04. The fraction of sp³-hybridized carbons (Fsp3) is 0.286. The van der Waals surface area contributed by atoms with Gasteiger partial charge in [0.1, 0.15) is 9.84 Å². The van der Waals surface area contributed by atoms with Gasteiger partial charge in [-0.1, -0.05) is 0 Å². The van der Waals surface area contributed by atoms with Crippen LogP contribution in [0.1, 0.15) is 22.6 Å². The minimum atomic E-state index is 0.0371. The molecule has 0 aliphatic heterocycles. The van der Waals surface area contributed by atoms with Gasteiger partial charge in [0.15, 0.2) is 11.5 Å². The molecule has 1 aliphatic carbocycles. The van der Waals surface area contributed by atoms with E-state index in [2.05, 4.69) is 4.98 Å². The Bertz CT molecular complexity index is 1270. The Hall–Kier alpha value is -2.71. The first kappa shape index (κ1) is 18.3. The Morgan fingerprint density at radius 3 is 2.86 bits per heavy atom. The summed E-state index contributed by atoms with van der Waals surface area (Å²) in [5.74, 6) is 1.35. The van der Waals surface area contributed by atoms with Crippen molar-refractivity contribution in [1.82, 2.24) is 14.5 Å². The summed E-state index contributed by atoms with van der Waals surface area (Å²) in [5, 5.41) is 3.67. The number of nitrogens with zero attached hydrogens (tertiary/aromatic N) is 3. The lowest BCUT2D eigenvalue weighted by atomic mass is 10.2. The van der Waals surface area contributed by atoms with Crippen molar-refractivity contribution in [2.45, 2.75) is 25.8 Å². The van der Waals surface area contributed by atoms with Gasteiger partial charge in [-0.2, -0.15) is 0 Å². The second kappa shape index (κ2) is 7.27. The maximum absolute atomic E-state index is 13.1. The Morgan fingerprint density at radius 2 is 2.03 bits per heavy atom. The van der Waals surface area contributed by atoms with Crippen LogP contribution in [0.4, 0.5) is 0 Å². The zero-order valence-electron chi connectivity index (χ0n) is 16.1. The number of aromatic nitrogens is 3. The summed E-state index contributed by atoms with van der Waals surface area (Å²) in [6, 6.07) is 5.74. The van der Waals surface area contributed by atoms with Crippen molar-refractivity contribution < 1.29 is 9.47 Å². The zero-order chi connectivity index (χ0) is 20.0. The minimum absolute atomic E-state index is 0.0371. The van der Waals surface area contributed by atoms with E-state index in [4.69, 9.17) is 14.5 Å². The summed E-state index contributed by atoms with van der Waals surface area (Å²) in [6.45, 7) is 0.413. The Balaban J connectivity index is 1.46. The first-order chi connectivity index (χ1) is 14.2. The lowest BCUT2D eigenvalue weighted by Crippen LogP contribution is -2.21. The zero-order valence-corrected chi connectivity index (χ0v) is 17.7. The van der Waals surface area contributed by atoms with Crippen LogP contribution < -0.4 is 15.0 Å². The van der Waals surface area contributed by atoms with Crippen LogP contribution in [0.2, 0.25) is 0 Å². The molecule has 0 N–H and O–H groups in total. The van der Waals surface area contributed by atoms with Gasteiger partial charge in [0, 0.05) is 15.8 Å². The van der Waals surface area contributed by atoms with Crippen molar-refractivity contribution >= 4 is 32.9 Å². The molecule has 29 heavy (non-hydrogen) atoms. The maximum Gasteiger partial charge on any atom is 0.262 e. The Morgan fingerprint density at radius 1 is 1.17 bits per heavy atom. The SMILES string of the molecule is COc1ccc(-c2nc(Cn3cnc4sc5c(c4c3=O)CCC5)cs2)cc1OC. The number of ether oxygens (including phenoxy) is 2. The fourth-order valence-corrected chi connectivity index (χ4v) is 5.82. The van der Waals surface area contributed by atoms with Gasteiger partial charge in [-0.05, 0) is 43.0 Å². The highest BCUT2D eigenvalue weighted by Gasteiger charge is 2.21. The van der Waals surface area contributed by atoms with E-state index in [1.807, 2.05) is 23.6 Å². The molecule has 0 atom stereocenters. The van der Waals surface area contributed by atoms with E-state index < -0.39 is 0 Å². The lowest BCUT2D eigenvalue weighted by molar-refractivity contribution is 0.355. The van der Waals surface area contributed by atoms with Crippen molar-refractivity contribution in [2.75, 3.05) is 14.2 Å². The van der Waals surface area contributed by atoms with Crippen molar-refractivity contribution in [1.29, 1.82) is 0 Å². The summed E-state index contributed by atoms with van der Waals surface area (Å²) < 4.78 is 12.4. The molecule has 0 radical (unpaired) electrons. The standard InChI is InChI=1S/C21H19N3O3S2/c1-26-15-7-6-12(8-16(15)27-2)19-23-13(10-28-19)9-24-11-22-20-18(21(24)25)14-4-3-5-17(14)29-20/h6-8,10-11H,3-5,9H2,1-2H3. The molecule has 3 heterocycles. The highest BCUT2D eigenvalue weighted by molar-refractivity contribution is 7.18. The molecule has 0 amide bonds. The predicted molar refractivity (Wildman–Crippen MR) is 116 cm³/mol. The van der Waals surface area contributed by atoms with Gasteiger partial charge >= 0.3 is 0 Å². The van der Waals surface area contributed by atoms with Crippen molar-refractivity contribution in [3.63, 3.8) is 0 Å². The van der Waals surface area contributed by atoms with E-state index in [1.165, 1.54) is 10.4 Å². The molecule has 0 fully saturated rings. The van der Waals surface area contributed by atoms with Crippen LogP contribution in [0, 0.1) is 0 Å². The second-order valence-electron chi connectivity index (χ2n) is 6.93. The number of aryl methyl sites for hydroxylation is 2. The van der Waals surface area contributed by atoms with Gasteiger partial charge in [-0.15, -0.1) is 22.7 Å². The molecule has 0 unspecified atom stereocenters. The van der Waals surface area contributed by atoms with Gasteiger partial charge in [-0.3, -0.25) is 9.36 Å². The number of hydrogen-bond acceptors (Lipinski definition) is 7. The number of benzene rings is 1. The van der Waals surface area contributed by atoms with Gasteiger partial charge in [0.05, 0.1) is 38.2 Å². The van der Waals surface area contributed by atoms with Gasteiger partial charge in [0.2, 0.25) is 0 Å². The molecular formula is C21H19N3O3S2. The highest BCUT2D eigenvalue weighted by Crippen LogP contribution is 2.35. The van der Waals surface area contributed by atoms with E-state index in [0.717, 1.165) is 45.7 Å². The molecule has 4 aromatic rings. The second-order valence-corrected chi connectivity index (χ2v) is 8.87. The van der Waals surface area contributed by atoms with E-state index in [1.54, 1.807) is 47.8 Å². The first-order valence-corrected chi connectivity index (χ1v) is 11.0. The maximum atomic E-state index is 13.1. The number of fused-ring (bicyclic) bond motifs is 3. The number of hydrogen-bond donors (Lipinski definition) is 0. The summed E-state index contributed by atoms with van der Waals surface area (Å²) >= 11 is 3.21. The van der Waals surface area contributed by atoms with Crippen molar-refractivity contribution in [2.24, 2.45) is 0 Å². The van der Waals surface area contributed by atoms with E-state index in [-0.39, 0.29) is 5.56 Å². The fourth-order valence-electron chi connectivity index (χ4n) is 3.79. The van der Waals surface area contributed by atoms with Crippen LogP contribution in [0.15, 0.2) is 34.7 Å². The number of rotatable bonds is 5. The van der Waals surface area contributed by atoms with E-state index in [0.29, 0.717) is 18.0 Å². The van der Waals surface area contributed by atoms with Gasteiger partial charge < -0.3 is 9.47 Å². The average molecular weight is 426 g/mol. The van der Waals surface area contributed by atoms with Crippen LogP contribution in [0.3, 0.4) is 0 Å². The third-order valence-corrected chi connectivity index (χ3v) is 7.35. The van der Waals surface area contributed by atoms with Gasteiger partial charge in [0.25, 0.3) is 5.56 Å². The average Bonchev–Trinajstić information content (AvgIpc) is 3.45. The third-order valence-electron chi connectivity index (χ3n) is 5.21. The molecule has 8 heteroatoms. The summed E-state index contributed by atoms with van der Waals surface area (Å²) in [7, 11) is 3.23. The molecule has 0 saturated carbocycles. The molecule has 1 aromatic carbocycles.